The number of piperazine rings is 1. The Morgan fingerprint density at radius 3 is 2.26 bits per heavy atom. The number of aryl methyl sites for hydroxylation is 1. The monoisotopic (exact) mass is 420 g/mol. The second-order valence-electron chi connectivity index (χ2n) is 8.81. The zero-order chi connectivity index (χ0) is 22.0. The number of anilines is 2. The summed E-state index contributed by atoms with van der Waals surface area (Å²) in [4.78, 5) is 33.4. The van der Waals surface area contributed by atoms with Gasteiger partial charge in [0.2, 0.25) is 5.91 Å². The van der Waals surface area contributed by atoms with Crippen molar-refractivity contribution in [2.45, 2.75) is 26.7 Å². The number of rotatable bonds is 5. The lowest BCUT2D eigenvalue weighted by Gasteiger charge is -2.36. The highest BCUT2D eigenvalue weighted by molar-refractivity contribution is 5.96. The second-order valence-corrected chi connectivity index (χ2v) is 8.81. The van der Waals surface area contributed by atoms with Crippen LogP contribution in [0.5, 0.6) is 0 Å². The van der Waals surface area contributed by atoms with Crippen molar-refractivity contribution in [2.24, 2.45) is 0 Å². The average molecular weight is 421 g/mol. The normalized spacial score (nSPS) is 17.1. The molecule has 164 valence electrons. The first-order valence-electron chi connectivity index (χ1n) is 11.2. The molecule has 2 aromatic carbocycles. The lowest BCUT2D eigenvalue weighted by Crippen LogP contribution is -2.51. The zero-order valence-corrected chi connectivity index (χ0v) is 18.8. The zero-order valence-electron chi connectivity index (χ0n) is 18.8. The van der Waals surface area contributed by atoms with E-state index in [-0.39, 0.29) is 18.5 Å². The first-order chi connectivity index (χ1) is 14.9. The first-order valence-corrected chi connectivity index (χ1v) is 11.2. The number of urea groups is 1. The summed E-state index contributed by atoms with van der Waals surface area (Å²) in [6.07, 6.45) is 0. The molecular formula is C25H32N4O2. The standard InChI is InChI=1S/C25H32N4O2/c1-19(2)21-7-9-22(10-8-21)29-16-15-28(25(29)31)18-24(30)27-13-11-26(12-14-27)23-6-4-5-20(3)17-23/h4-10,17,19H,11-16,18H2,1-3H3. The molecule has 0 unspecified atom stereocenters. The van der Waals surface area contributed by atoms with E-state index in [1.165, 1.54) is 16.8 Å². The largest absolute Gasteiger partial charge is 0.368 e. The van der Waals surface area contributed by atoms with E-state index in [2.05, 4.69) is 62.1 Å². The molecule has 0 N–H and O–H groups in total. The van der Waals surface area contributed by atoms with Crippen molar-refractivity contribution in [2.75, 3.05) is 55.6 Å². The van der Waals surface area contributed by atoms with Crippen LogP contribution in [0.3, 0.4) is 0 Å². The Morgan fingerprint density at radius 2 is 1.61 bits per heavy atom. The highest BCUT2D eigenvalue weighted by atomic mass is 16.2. The van der Waals surface area contributed by atoms with Crippen LogP contribution >= 0.6 is 0 Å². The number of carbonyl (C=O) groups excluding carboxylic acids is 2. The van der Waals surface area contributed by atoms with Gasteiger partial charge in [-0.2, -0.15) is 0 Å². The van der Waals surface area contributed by atoms with E-state index < -0.39 is 0 Å². The van der Waals surface area contributed by atoms with Gasteiger partial charge in [-0.25, -0.2) is 4.79 Å². The summed E-state index contributed by atoms with van der Waals surface area (Å²) in [6, 6.07) is 16.6. The molecule has 4 rings (SSSR count). The van der Waals surface area contributed by atoms with Crippen molar-refractivity contribution in [1.29, 1.82) is 0 Å². The van der Waals surface area contributed by atoms with Crippen molar-refractivity contribution in [3.8, 4) is 0 Å². The van der Waals surface area contributed by atoms with E-state index in [0.717, 1.165) is 18.8 Å². The highest BCUT2D eigenvalue weighted by Crippen LogP contribution is 2.24. The van der Waals surface area contributed by atoms with Crippen molar-refractivity contribution < 1.29 is 9.59 Å². The molecule has 31 heavy (non-hydrogen) atoms. The van der Waals surface area contributed by atoms with E-state index in [4.69, 9.17) is 0 Å². The highest BCUT2D eigenvalue weighted by Gasteiger charge is 2.32. The molecule has 2 heterocycles. The number of hydrogen-bond acceptors (Lipinski definition) is 3. The summed E-state index contributed by atoms with van der Waals surface area (Å²) in [5.41, 5.74) is 4.61. The molecule has 2 fully saturated rings. The lowest BCUT2D eigenvalue weighted by molar-refractivity contribution is -0.131. The van der Waals surface area contributed by atoms with Crippen molar-refractivity contribution in [3.63, 3.8) is 0 Å². The minimum atomic E-state index is -0.0796. The minimum absolute atomic E-state index is 0.0363. The Balaban J connectivity index is 1.31. The molecule has 0 atom stereocenters. The SMILES string of the molecule is Cc1cccc(N2CCN(C(=O)CN3CCN(c4ccc(C(C)C)cc4)C3=O)CC2)c1. The van der Waals surface area contributed by atoms with Crippen LogP contribution in [-0.2, 0) is 4.79 Å². The van der Waals surface area contributed by atoms with Gasteiger partial charge in [-0.15, -0.1) is 0 Å². The molecule has 0 aromatic heterocycles. The van der Waals surface area contributed by atoms with Gasteiger partial charge in [-0.1, -0.05) is 38.1 Å². The van der Waals surface area contributed by atoms with Gasteiger partial charge in [0.1, 0.15) is 6.54 Å². The summed E-state index contributed by atoms with van der Waals surface area (Å²) in [5, 5.41) is 0. The van der Waals surface area contributed by atoms with Crippen LogP contribution in [0.4, 0.5) is 16.2 Å². The molecule has 0 spiro atoms. The Morgan fingerprint density at radius 1 is 0.903 bits per heavy atom. The number of amides is 3. The van der Waals surface area contributed by atoms with Crippen molar-refractivity contribution in [1.82, 2.24) is 9.80 Å². The summed E-state index contributed by atoms with van der Waals surface area (Å²) in [5.74, 6) is 0.498. The summed E-state index contributed by atoms with van der Waals surface area (Å²) in [7, 11) is 0. The van der Waals surface area contributed by atoms with Gasteiger partial charge in [-0.3, -0.25) is 9.69 Å². The molecule has 0 radical (unpaired) electrons. The lowest BCUT2D eigenvalue weighted by atomic mass is 10.0. The van der Waals surface area contributed by atoms with Gasteiger partial charge < -0.3 is 14.7 Å². The molecular weight excluding hydrogens is 388 g/mol. The molecule has 0 aliphatic carbocycles. The Bertz CT molecular complexity index is 933. The van der Waals surface area contributed by atoms with E-state index in [1.807, 2.05) is 17.0 Å². The molecule has 2 aromatic rings. The van der Waals surface area contributed by atoms with Crippen LogP contribution < -0.4 is 9.80 Å². The van der Waals surface area contributed by atoms with E-state index in [1.54, 1.807) is 9.80 Å². The first kappa shape index (κ1) is 21.2. The summed E-state index contributed by atoms with van der Waals surface area (Å²) in [6.45, 7) is 10.8. The topological polar surface area (TPSA) is 47.1 Å². The van der Waals surface area contributed by atoms with Gasteiger partial charge in [0.05, 0.1) is 0 Å². The fourth-order valence-electron chi connectivity index (χ4n) is 4.31. The number of hydrogen-bond donors (Lipinski definition) is 0. The second kappa shape index (κ2) is 9.00. The predicted molar refractivity (Wildman–Crippen MR) is 125 cm³/mol. The third-order valence-corrected chi connectivity index (χ3v) is 6.29. The molecule has 2 saturated heterocycles. The Kier molecular flexibility index (Phi) is 6.16. The maximum absolute atomic E-state index is 12.9. The molecule has 6 nitrogen and oxygen atoms in total. The molecule has 0 bridgehead atoms. The smallest absolute Gasteiger partial charge is 0.325 e. The third kappa shape index (κ3) is 4.68. The summed E-state index contributed by atoms with van der Waals surface area (Å²) < 4.78 is 0. The number of carbonyl (C=O) groups is 2. The van der Waals surface area contributed by atoms with Gasteiger partial charge >= 0.3 is 6.03 Å². The van der Waals surface area contributed by atoms with Gasteiger partial charge in [0.15, 0.2) is 0 Å². The van der Waals surface area contributed by atoms with Crippen LogP contribution in [0.2, 0.25) is 0 Å². The van der Waals surface area contributed by atoms with Gasteiger partial charge in [0.25, 0.3) is 0 Å². The minimum Gasteiger partial charge on any atom is -0.368 e. The van der Waals surface area contributed by atoms with Crippen molar-refractivity contribution in [3.05, 3.63) is 59.7 Å². The van der Waals surface area contributed by atoms with E-state index in [0.29, 0.717) is 32.1 Å². The van der Waals surface area contributed by atoms with E-state index in [9.17, 15) is 9.59 Å². The fraction of sp³-hybridized carbons (Fsp3) is 0.440. The average Bonchev–Trinajstić information content (AvgIpc) is 3.14. The maximum Gasteiger partial charge on any atom is 0.325 e. The predicted octanol–water partition coefficient (Wildman–Crippen LogP) is 3.71. The van der Waals surface area contributed by atoms with Crippen LogP contribution in [0.1, 0.15) is 30.9 Å². The third-order valence-electron chi connectivity index (χ3n) is 6.29. The van der Waals surface area contributed by atoms with Crippen molar-refractivity contribution >= 4 is 23.3 Å². The Labute approximate surface area is 185 Å². The molecule has 0 saturated carbocycles. The molecule has 3 amide bonds. The van der Waals surface area contributed by atoms with E-state index >= 15 is 0 Å². The number of benzene rings is 2. The molecule has 2 aliphatic rings. The fourth-order valence-corrected chi connectivity index (χ4v) is 4.31. The molecule has 6 heteroatoms. The maximum atomic E-state index is 12.9. The molecule has 2 aliphatic heterocycles. The Hall–Kier alpha value is -3.02. The summed E-state index contributed by atoms with van der Waals surface area (Å²) >= 11 is 0. The van der Waals surface area contributed by atoms with Crippen LogP contribution in [-0.4, -0.2) is 67.6 Å². The van der Waals surface area contributed by atoms with Crippen LogP contribution in [0.25, 0.3) is 0 Å². The van der Waals surface area contributed by atoms with Crippen LogP contribution in [0, 0.1) is 6.92 Å². The van der Waals surface area contributed by atoms with Gasteiger partial charge in [0, 0.05) is 50.6 Å². The quantitative estimate of drug-likeness (QED) is 0.741. The van der Waals surface area contributed by atoms with Crippen LogP contribution in [0.15, 0.2) is 48.5 Å². The number of nitrogens with zero attached hydrogens (tertiary/aromatic N) is 4. The van der Waals surface area contributed by atoms with Gasteiger partial charge in [-0.05, 0) is 48.2 Å².